The smallest absolute Gasteiger partial charge is 0.408 e. The summed E-state index contributed by atoms with van der Waals surface area (Å²) in [5.74, 6) is 0.386. The summed E-state index contributed by atoms with van der Waals surface area (Å²) in [7, 11) is -3.77. The van der Waals surface area contributed by atoms with Gasteiger partial charge in [0.2, 0.25) is 0 Å². The van der Waals surface area contributed by atoms with Crippen LogP contribution in [0.25, 0.3) is 0 Å². The summed E-state index contributed by atoms with van der Waals surface area (Å²) in [5, 5.41) is 0.291. The van der Waals surface area contributed by atoms with Crippen molar-refractivity contribution in [1.29, 1.82) is 0 Å². The van der Waals surface area contributed by atoms with Crippen LogP contribution in [0.4, 0.5) is 0 Å². The maximum atomic E-state index is 11.9. The van der Waals surface area contributed by atoms with E-state index in [1.807, 2.05) is 6.07 Å². The largest absolute Gasteiger partial charge is 0.421 e. The number of aryl methyl sites for hydroxylation is 2. The van der Waals surface area contributed by atoms with Gasteiger partial charge < -0.3 is 9.42 Å². The maximum absolute atomic E-state index is 11.9. The second-order valence-electron chi connectivity index (χ2n) is 5.41. The quantitative estimate of drug-likeness (QED) is 0.691. The number of rotatable bonds is 3. The number of benzene rings is 3. The van der Waals surface area contributed by atoms with E-state index >= 15 is 0 Å². The molecule has 0 radical (unpaired) electrons. The summed E-state index contributed by atoms with van der Waals surface area (Å²) >= 11 is 0. The Morgan fingerprint density at radius 3 is 1.58 bits per heavy atom. The van der Waals surface area contributed by atoms with Crippen LogP contribution in [-0.2, 0) is 4.57 Å². The highest BCUT2D eigenvalue weighted by molar-refractivity contribution is 7.61. The second kappa shape index (κ2) is 8.49. The lowest BCUT2D eigenvalue weighted by Gasteiger charge is -2.12. The van der Waals surface area contributed by atoms with Gasteiger partial charge >= 0.3 is 7.60 Å². The zero-order chi connectivity index (χ0) is 17.4. The molecule has 124 valence electrons. The standard InChI is InChI=1S/C12H11O3P.C8H10/c13-16(14,12-9-5-2-6-10-12)15-11-7-3-1-4-8-11;1-7-3-5-8(2)6-4-7/h1-10H,(H,13,14);3-6H,1-2H3. The predicted octanol–water partition coefficient (Wildman–Crippen LogP) is 4.88. The molecule has 0 saturated heterocycles. The number of hydrogen-bond acceptors (Lipinski definition) is 2. The van der Waals surface area contributed by atoms with E-state index in [0.29, 0.717) is 11.1 Å². The fourth-order valence-electron chi connectivity index (χ4n) is 1.93. The molecule has 3 aromatic rings. The molecule has 0 fully saturated rings. The van der Waals surface area contributed by atoms with Gasteiger partial charge in [0.1, 0.15) is 5.75 Å². The van der Waals surface area contributed by atoms with Gasteiger partial charge in [0.15, 0.2) is 0 Å². The summed E-state index contributed by atoms with van der Waals surface area (Å²) in [5.41, 5.74) is 2.66. The van der Waals surface area contributed by atoms with Gasteiger partial charge in [0.05, 0.1) is 5.30 Å². The molecule has 1 unspecified atom stereocenters. The lowest BCUT2D eigenvalue weighted by molar-refractivity contribution is 0.393. The molecule has 4 heteroatoms. The van der Waals surface area contributed by atoms with Crippen molar-refractivity contribution in [3.63, 3.8) is 0 Å². The molecule has 0 aliphatic heterocycles. The highest BCUT2D eigenvalue weighted by Crippen LogP contribution is 2.41. The van der Waals surface area contributed by atoms with Gasteiger partial charge in [0.25, 0.3) is 0 Å². The van der Waals surface area contributed by atoms with Crippen LogP contribution in [0.15, 0.2) is 84.9 Å². The predicted molar refractivity (Wildman–Crippen MR) is 98.9 cm³/mol. The zero-order valence-electron chi connectivity index (χ0n) is 13.8. The zero-order valence-corrected chi connectivity index (χ0v) is 14.7. The Labute approximate surface area is 143 Å². The van der Waals surface area contributed by atoms with E-state index in [2.05, 4.69) is 38.1 Å². The SMILES string of the molecule is Cc1ccc(C)cc1.O=P(O)(Oc1ccccc1)c1ccccc1. The number of hydrogen-bond donors (Lipinski definition) is 1. The molecular formula is C20H21O3P. The Balaban J connectivity index is 0.000000219. The molecule has 3 aromatic carbocycles. The van der Waals surface area contributed by atoms with Crippen molar-refractivity contribution in [3.8, 4) is 5.75 Å². The van der Waals surface area contributed by atoms with Gasteiger partial charge in [-0.2, -0.15) is 0 Å². The Hall–Kier alpha value is -2.35. The normalized spacial score (nSPS) is 12.5. The van der Waals surface area contributed by atoms with Crippen LogP contribution in [0.3, 0.4) is 0 Å². The molecular weight excluding hydrogens is 319 g/mol. The van der Waals surface area contributed by atoms with Crippen LogP contribution in [0, 0.1) is 13.8 Å². The Bertz CT molecular complexity index is 763. The van der Waals surface area contributed by atoms with E-state index in [1.54, 1.807) is 54.6 Å². The van der Waals surface area contributed by atoms with E-state index in [0.717, 1.165) is 0 Å². The summed E-state index contributed by atoms with van der Waals surface area (Å²) in [4.78, 5) is 9.77. The van der Waals surface area contributed by atoms with Gasteiger partial charge in [-0.25, -0.2) is 4.57 Å². The summed E-state index contributed by atoms with van der Waals surface area (Å²) in [6.07, 6.45) is 0. The van der Waals surface area contributed by atoms with E-state index < -0.39 is 7.60 Å². The molecule has 3 rings (SSSR count). The van der Waals surface area contributed by atoms with Crippen molar-refractivity contribution in [2.24, 2.45) is 0 Å². The van der Waals surface area contributed by atoms with Crippen LogP contribution in [-0.4, -0.2) is 4.89 Å². The van der Waals surface area contributed by atoms with Crippen molar-refractivity contribution in [2.45, 2.75) is 13.8 Å². The van der Waals surface area contributed by atoms with E-state index in [-0.39, 0.29) is 0 Å². The average Bonchev–Trinajstić information content (AvgIpc) is 2.59. The fraction of sp³-hybridized carbons (Fsp3) is 0.100. The first kappa shape index (κ1) is 18.0. The summed E-state index contributed by atoms with van der Waals surface area (Å²) in [6, 6.07) is 25.4. The van der Waals surface area contributed by atoms with Gasteiger partial charge in [-0.1, -0.05) is 71.8 Å². The van der Waals surface area contributed by atoms with Gasteiger partial charge in [-0.3, -0.25) is 0 Å². The lowest BCUT2D eigenvalue weighted by Crippen LogP contribution is -2.08. The Morgan fingerprint density at radius 2 is 1.12 bits per heavy atom. The van der Waals surface area contributed by atoms with E-state index in [9.17, 15) is 9.46 Å². The van der Waals surface area contributed by atoms with E-state index in [1.165, 1.54) is 11.1 Å². The molecule has 0 bridgehead atoms. The minimum absolute atomic E-state index is 0.291. The third-order valence-electron chi connectivity index (χ3n) is 3.27. The molecule has 0 aliphatic rings. The lowest BCUT2D eigenvalue weighted by atomic mass is 10.2. The monoisotopic (exact) mass is 340 g/mol. The molecule has 1 atom stereocenters. The topological polar surface area (TPSA) is 46.5 Å². The first-order valence-electron chi connectivity index (χ1n) is 7.64. The van der Waals surface area contributed by atoms with Crippen molar-refractivity contribution in [2.75, 3.05) is 0 Å². The first-order chi connectivity index (χ1) is 11.5. The van der Waals surface area contributed by atoms with Crippen LogP contribution in [0.1, 0.15) is 11.1 Å². The van der Waals surface area contributed by atoms with Crippen molar-refractivity contribution in [1.82, 2.24) is 0 Å². The molecule has 0 amide bonds. The van der Waals surface area contributed by atoms with Crippen molar-refractivity contribution >= 4 is 12.9 Å². The Kier molecular flexibility index (Phi) is 6.36. The van der Waals surface area contributed by atoms with Gasteiger partial charge in [-0.15, -0.1) is 0 Å². The molecule has 0 aliphatic carbocycles. The minimum atomic E-state index is -3.77. The molecule has 0 heterocycles. The minimum Gasteiger partial charge on any atom is -0.421 e. The molecule has 0 spiro atoms. The maximum Gasteiger partial charge on any atom is 0.408 e. The average molecular weight is 340 g/mol. The fourth-order valence-corrected chi connectivity index (χ4v) is 2.99. The van der Waals surface area contributed by atoms with Crippen molar-refractivity contribution in [3.05, 3.63) is 96.1 Å². The van der Waals surface area contributed by atoms with Crippen LogP contribution in [0.5, 0.6) is 5.75 Å². The molecule has 24 heavy (non-hydrogen) atoms. The molecule has 3 nitrogen and oxygen atoms in total. The third kappa shape index (κ3) is 5.69. The summed E-state index contributed by atoms with van der Waals surface area (Å²) < 4.78 is 17.0. The van der Waals surface area contributed by atoms with Crippen molar-refractivity contribution < 1.29 is 14.0 Å². The van der Waals surface area contributed by atoms with Crippen LogP contribution in [0.2, 0.25) is 0 Å². The second-order valence-corrected chi connectivity index (χ2v) is 7.15. The molecule has 0 aromatic heterocycles. The number of para-hydroxylation sites is 1. The highest BCUT2D eigenvalue weighted by Gasteiger charge is 2.23. The van der Waals surface area contributed by atoms with Gasteiger partial charge in [0, 0.05) is 0 Å². The first-order valence-corrected chi connectivity index (χ1v) is 9.21. The Morgan fingerprint density at radius 1 is 0.708 bits per heavy atom. The van der Waals surface area contributed by atoms with Gasteiger partial charge in [-0.05, 0) is 38.1 Å². The van der Waals surface area contributed by atoms with Crippen LogP contribution >= 0.6 is 7.60 Å². The highest BCUT2D eigenvalue weighted by atomic mass is 31.2. The molecule has 1 N–H and O–H groups in total. The third-order valence-corrected chi connectivity index (χ3v) is 4.68. The van der Waals surface area contributed by atoms with E-state index in [4.69, 9.17) is 4.52 Å². The molecule has 0 saturated carbocycles. The summed E-state index contributed by atoms with van der Waals surface area (Å²) in [6.45, 7) is 4.19. The van der Waals surface area contributed by atoms with Crippen LogP contribution < -0.4 is 9.83 Å².